The van der Waals surface area contributed by atoms with E-state index in [9.17, 15) is 4.79 Å². The van der Waals surface area contributed by atoms with Crippen LogP contribution in [0.15, 0.2) is 30.3 Å². The molecule has 1 aromatic rings. The van der Waals surface area contributed by atoms with Crippen LogP contribution in [0, 0.1) is 0 Å². The summed E-state index contributed by atoms with van der Waals surface area (Å²) in [5.74, 6) is 0. The van der Waals surface area contributed by atoms with Crippen LogP contribution in [0.5, 0.6) is 0 Å². The predicted molar refractivity (Wildman–Crippen MR) is 68.7 cm³/mol. The van der Waals surface area contributed by atoms with Crippen molar-refractivity contribution in [2.75, 3.05) is 13.1 Å². The molecule has 92 valence electrons. The number of nitrogens with one attached hydrogen (secondary N) is 1. The fraction of sp³-hybridized carbons (Fsp3) is 0.500. The van der Waals surface area contributed by atoms with E-state index in [1.807, 2.05) is 35.2 Å². The topological polar surface area (TPSA) is 32.3 Å². The first kappa shape index (κ1) is 12.0. The van der Waals surface area contributed by atoms with Crippen molar-refractivity contribution in [1.29, 1.82) is 0 Å². The second-order valence-electron chi connectivity index (χ2n) is 4.55. The van der Waals surface area contributed by atoms with Crippen LogP contribution in [0.2, 0.25) is 0 Å². The van der Waals surface area contributed by atoms with E-state index in [2.05, 4.69) is 5.32 Å². The molecule has 2 amide bonds. The summed E-state index contributed by atoms with van der Waals surface area (Å²) in [6, 6.07) is 10.1. The number of hydrogen-bond donors (Lipinski definition) is 1. The van der Waals surface area contributed by atoms with Crippen LogP contribution >= 0.6 is 0 Å². The van der Waals surface area contributed by atoms with Gasteiger partial charge in [-0.25, -0.2) is 4.79 Å². The van der Waals surface area contributed by atoms with E-state index in [0.29, 0.717) is 6.54 Å². The van der Waals surface area contributed by atoms with Gasteiger partial charge in [-0.1, -0.05) is 43.2 Å². The summed E-state index contributed by atoms with van der Waals surface area (Å²) in [5.41, 5.74) is 1.15. The van der Waals surface area contributed by atoms with E-state index in [-0.39, 0.29) is 6.03 Å². The Bertz CT molecular complexity index is 342. The molecule has 1 aromatic carbocycles. The highest BCUT2D eigenvalue weighted by atomic mass is 16.2. The van der Waals surface area contributed by atoms with E-state index in [1.54, 1.807) is 0 Å². The van der Waals surface area contributed by atoms with Gasteiger partial charge in [0, 0.05) is 19.6 Å². The van der Waals surface area contributed by atoms with Crippen LogP contribution in [0.25, 0.3) is 0 Å². The summed E-state index contributed by atoms with van der Waals surface area (Å²) < 4.78 is 0. The van der Waals surface area contributed by atoms with Crippen LogP contribution in [0.3, 0.4) is 0 Å². The lowest BCUT2D eigenvalue weighted by molar-refractivity contribution is 0.199. The molecule has 1 aliphatic heterocycles. The zero-order chi connectivity index (χ0) is 11.9. The van der Waals surface area contributed by atoms with Gasteiger partial charge in [0.15, 0.2) is 0 Å². The van der Waals surface area contributed by atoms with E-state index in [1.165, 1.54) is 12.8 Å². The van der Waals surface area contributed by atoms with Gasteiger partial charge in [-0.2, -0.15) is 0 Å². The Kier molecular flexibility index (Phi) is 4.42. The Balaban J connectivity index is 1.80. The van der Waals surface area contributed by atoms with Crippen molar-refractivity contribution in [3.05, 3.63) is 35.9 Å². The fourth-order valence-electron chi connectivity index (χ4n) is 2.16. The summed E-state index contributed by atoms with van der Waals surface area (Å²) in [6.07, 6.45) is 4.78. The summed E-state index contributed by atoms with van der Waals surface area (Å²) in [5, 5.41) is 2.98. The molecular weight excluding hydrogens is 212 g/mol. The number of carbonyl (C=O) groups excluding carboxylic acids is 1. The normalized spacial score (nSPS) is 16.4. The highest BCUT2D eigenvalue weighted by Gasteiger charge is 2.14. The minimum absolute atomic E-state index is 0.0794. The Hall–Kier alpha value is -1.51. The van der Waals surface area contributed by atoms with E-state index >= 15 is 0 Å². The van der Waals surface area contributed by atoms with Gasteiger partial charge in [-0.15, -0.1) is 0 Å². The first-order chi connectivity index (χ1) is 8.36. The van der Waals surface area contributed by atoms with Gasteiger partial charge in [-0.05, 0) is 18.4 Å². The summed E-state index contributed by atoms with van der Waals surface area (Å²) in [4.78, 5) is 13.9. The lowest BCUT2D eigenvalue weighted by Gasteiger charge is -2.20. The molecule has 0 bridgehead atoms. The first-order valence-corrected chi connectivity index (χ1v) is 6.43. The van der Waals surface area contributed by atoms with Gasteiger partial charge >= 0.3 is 6.03 Å². The number of urea groups is 1. The van der Waals surface area contributed by atoms with Crippen molar-refractivity contribution in [2.24, 2.45) is 0 Å². The molecule has 2 rings (SSSR count). The number of nitrogens with zero attached hydrogens (tertiary/aromatic N) is 1. The molecule has 0 unspecified atom stereocenters. The third kappa shape index (κ3) is 3.77. The zero-order valence-electron chi connectivity index (χ0n) is 10.2. The Morgan fingerprint density at radius 1 is 1.06 bits per heavy atom. The minimum atomic E-state index is 0.0794. The Morgan fingerprint density at radius 2 is 1.71 bits per heavy atom. The number of amides is 2. The van der Waals surface area contributed by atoms with E-state index < -0.39 is 0 Å². The van der Waals surface area contributed by atoms with Gasteiger partial charge < -0.3 is 10.2 Å². The average Bonchev–Trinajstić information content (AvgIpc) is 2.66. The number of carbonyl (C=O) groups is 1. The van der Waals surface area contributed by atoms with Crippen molar-refractivity contribution in [3.63, 3.8) is 0 Å². The fourth-order valence-corrected chi connectivity index (χ4v) is 2.16. The second-order valence-corrected chi connectivity index (χ2v) is 4.55. The Morgan fingerprint density at radius 3 is 2.35 bits per heavy atom. The second kappa shape index (κ2) is 6.28. The van der Waals surface area contributed by atoms with Crippen molar-refractivity contribution < 1.29 is 4.79 Å². The molecule has 1 heterocycles. The van der Waals surface area contributed by atoms with Crippen LogP contribution in [-0.2, 0) is 6.54 Å². The van der Waals surface area contributed by atoms with Gasteiger partial charge in [0.05, 0.1) is 0 Å². The van der Waals surface area contributed by atoms with E-state index in [0.717, 1.165) is 31.5 Å². The molecule has 17 heavy (non-hydrogen) atoms. The summed E-state index contributed by atoms with van der Waals surface area (Å²) in [6.45, 7) is 2.43. The lowest BCUT2D eigenvalue weighted by Crippen LogP contribution is -2.40. The minimum Gasteiger partial charge on any atom is -0.334 e. The quantitative estimate of drug-likeness (QED) is 0.835. The van der Waals surface area contributed by atoms with Gasteiger partial charge in [0.1, 0.15) is 0 Å². The number of benzene rings is 1. The summed E-state index contributed by atoms with van der Waals surface area (Å²) >= 11 is 0. The van der Waals surface area contributed by atoms with Crippen LogP contribution in [0.1, 0.15) is 31.2 Å². The maximum atomic E-state index is 11.9. The maximum Gasteiger partial charge on any atom is 0.317 e. The lowest BCUT2D eigenvalue weighted by atomic mass is 10.2. The average molecular weight is 232 g/mol. The highest BCUT2D eigenvalue weighted by molar-refractivity contribution is 5.74. The number of rotatable bonds is 2. The third-order valence-corrected chi connectivity index (χ3v) is 3.18. The molecule has 1 aliphatic rings. The van der Waals surface area contributed by atoms with Crippen LogP contribution in [-0.4, -0.2) is 24.0 Å². The molecule has 1 fully saturated rings. The van der Waals surface area contributed by atoms with E-state index in [4.69, 9.17) is 0 Å². The maximum absolute atomic E-state index is 11.9. The monoisotopic (exact) mass is 232 g/mol. The number of likely N-dealkylation sites (tertiary alicyclic amines) is 1. The SMILES string of the molecule is O=C(NCc1ccccc1)N1CCCCCC1. The molecule has 0 saturated carbocycles. The molecule has 0 aliphatic carbocycles. The zero-order valence-corrected chi connectivity index (χ0v) is 10.2. The van der Waals surface area contributed by atoms with Gasteiger partial charge in [0.2, 0.25) is 0 Å². The first-order valence-electron chi connectivity index (χ1n) is 6.43. The van der Waals surface area contributed by atoms with Crippen molar-refractivity contribution in [3.8, 4) is 0 Å². The molecular formula is C14H20N2O. The van der Waals surface area contributed by atoms with Crippen molar-refractivity contribution in [1.82, 2.24) is 10.2 Å². The van der Waals surface area contributed by atoms with Crippen LogP contribution < -0.4 is 5.32 Å². The Labute approximate surface area is 103 Å². The van der Waals surface area contributed by atoms with Crippen molar-refractivity contribution in [2.45, 2.75) is 32.2 Å². The molecule has 0 aromatic heterocycles. The van der Waals surface area contributed by atoms with Gasteiger partial charge in [-0.3, -0.25) is 0 Å². The highest BCUT2D eigenvalue weighted by Crippen LogP contribution is 2.09. The number of hydrogen-bond acceptors (Lipinski definition) is 1. The summed E-state index contributed by atoms with van der Waals surface area (Å²) in [7, 11) is 0. The molecule has 0 atom stereocenters. The largest absolute Gasteiger partial charge is 0.334 e. The molecule has 1 saturated heterocycles. The molecule has 1 N–H and O–H groups in total. The molecule has 0 spiro atoms. The predicted octanol–water partition coefficient (Wildman–Crippen LogP) is 2.77. The van der Waals surface area contributed by atoms with Gasteiger partial charge in [0.25, 0.3) is 0 Å². The molecule has 0 radical (unpaired) electrons. The third-order valence-electron chi connectivity index (χ3n) is 3.18. The molecule has 3 nitrogen and oxygen atoms in total. The van der Waals surface area contributed by atoms with Crippen LogP contribution in [0.4, 0.5) is 4.79 Å². The smallest absolute Gasteiger partial charge is 0.317 e. The van der Waals surface area contributed by atoms with Crippen molar-refractivity contribution >= 4 is 6.03 Å². The standard InChI is InChI=1S/C14H20N2O/c17-14(16-10-6-1-2-7-11-16)15-12-13-8-4-3-5-9-13/h3-5,8-9H,1-2,6-7,10-12H2,(H,15,17). The molecule has 3 heteroatoms.